The van der Waals surface area contributed by atoms with Gasteiger partial charge in [0.15, 0.2) is 5.96 Å². The molecule has 2 aromatic rings. The van der Waals surface area contributed by atoms with Gasteiger partial charge in [-0.25, -0.2) is 0 Å². The molecule has 1 saturated carbocycles. The first-order valence-electron chi connectivity index (χ1n) is 10.5. The number of nitrogens with one attached hydrogen (secondary N) is 2. The molecule has 1 fully saturated rings. The smallest absolute Gasteiger partial charge is 0.227 e. The highest BCUT2D eigenvalue weighted by Gasteiger charge is 2.21. The summed E-state index contributed by atoms with van der Waals surface area (Å²) in [7, 11) is 5.88. The van der Waals surface area contributed by atoms with Gasteiger partial charge in [-0.2, -0.15) is 0 Å². The fourth-order valence-corrected chi connectivity index (χ4v) is 3.91. The molecule has 6 heteroatoms. The second-order valence-electron chi connectivity index (χ2n) is 7.89. The molecule has 2 N–H and O–H groups in total. The lowest BCUT2D eigenvalue weighted by Crippen LogP contribution is -2.38. The molecular weight excluding hydrogens is 362 g/mol. The largest absolute Gasteiger partial charge is 0.353 e. The van der Waals surface area contributed by atoms with Gasteiger partial charge in [-0.1, -0.05) is 31.4 Å². The molecule has 1 aliphatic rings. The third kappa shape index (κ3) is 5.86. The van der Waals surface area contributed by atoms with Gasteiger partial charge in [0.25, 0.3) is 0 Å². The lowest BCUT2D eigenvalue weighted by molar-refractivity contribution is -0.120. The average molecular weight is 396 g/mol. The van der Waals surface area contributed by atoms with E-state index in [1.165, 1.54) is 12.1 Å². The van der Waals surface area contributed by atoms with Gasteiger partial charge in [-0.3, -0.25) is 9.79 Å². The van der Waals surface area contributed by atoms with Crippen LogP contribution in [0.1, 0.15) is 43.4 Å². The number of guanidine groups is 1. The number of anilines is 1. The molecule has 0 bridgehead atoms. The molecule has 1 heterocycles. The molecule has 0 radical (unpaired) electrons. The van der Waals surface area contributed by atoms with Crippen molar-refractivity contribution in [3.63, 3.8) is 0 Å². The molecule has 0 spiro atoms. The standard InChI is InChI=1S/C23H33N5O/c1-24-23(28(3)17-21-13-8-14-27(21)2)25-16-18-9-7-12-20(15-18)26-22(29)19-10-5-4-6-11-19/h7-9,12-15,19H,4-6,10-11,16-17H2,1-3H3,(H,24,25)(H,26,29). The van der Waals surface area contributed by atoms with Crippen LogP contribution in [0.4, 0.5) is 5.69 Å². The quantitative estimate of drug-likeness (QED) is 0.578. The van der Waals surface area contributed by atoms with Gasteiger partial charge in [0.2, 0.25) is 5.91 Å². The molecule has 1 aliphatic carbocycles. The summed E-state index contributed by atoms with van der Waals surface area (Å²) in [6.45, 7) is 1.43. The molecule has 1 amide bonds. The number of aryl methyl sites for hydroxylation is 1. The van der Waals surface area contributed by atoms with E-state index in [9.17, 15) is 4.79 Å². The average Bonchev–Trinajstić information content (AvgIpc) is 3.14. The van der Waals surface area contributed by atoms with E-state index in [1.54, 1.807) is 7.05 Å². The lowest BCUT2D eigenvalue weighted by Gasteiger charge is -2.23. The Kier molecular flexibility index (Phi) is 7.33. The van der Waals surface area contributed by atoms with E-state index in [-0.39, 0.29) is 11.8 Å². The first-order chi connectivity index (χ1) is 14.1. The first kappa shape index (κ1) is 21.0. The van der Waals surface area contributed by atoms with Gasteiger partial charge < -0.3 is 20.1 Å². The summed E-state index contributed by atoms with van der Waals surface area (Å²) in [5, 5.41) is 6.52. The van der Waals surface area contributed by atoms with Crippen LogP contribution in [0, 0.1) is 5.92 Å². The van der Waals surface area contributed by atoms with Crippen LogP contribution in [0.2, 0.25) is 0 Å². The minimum Gasteiger partial charge on any atom is -0.353 e. The Morgan fingerprint density at radius 3 is 2.69 bits per heavy atom. The fraction of sp³-hybridized carbons (Fsp3) is 0.478. The van der Waals surface area contributed by atoms with Crippen LogP contribution >= 0.6 is 0 Å². The predicted octanol–water partition coefficient (Wildman–Crippen LogP) is 3.75. The number of aliphatic imine (C=N–C) groups is 1. The van der Waals surface area contributed by atoms with Crippen LogP contribution < -0.4 is 10.6 Å². The molecule has 156 valence electrons. The topological polar surface area (TPSA) is 61.7 Å². The van der Waals surface area contributed by atoms with E-state index in [0.29, 0.717) is 6.54 Å². The SMILES string of the molecule is CN=C(NCc1cccc(NC(=O)C2CCCCC2)c1)N(C)Cc1cccn1C. The molecule has 0 atom stereocenters. The van der Waals surface area contributed by atoms with Crippen molar-refractivity contribution in [2.45, 2.75) is 45.2 Å². The zero-order valence-electron chi connectivity index (χ0n) is 17.8. The Bertz CT molecular complexity index is 835. The summed E-state index contributed by atoms with van der Waals surface area (Å²) < 4.78 is 2.11. The van der Waals surface area contributed by atoms with Crippen LogP contribution in [-0.2, 0) is 24.9 Å². The maximum absolute atomic E-state index is 12.5. The minimum absolute atomic E-state index is 0.160. The van der Waals surface area contributed by atoms with Gasteiger partial charge in [0.1, 0.15) is 0 Å². The van der Waals surface area contributed by atoms with E-state index >= 15 is 0 Å². The second kappa shape index (κ2) is 10.1. The van der Waals surface area contributed by atoms with Gasteiger partial charge in [-0.15, -0.1) is 0 Å². The van der Waals surface area contributed by atoms with E-state index in [2.05, 4.69) is 37.2 Å². The van der Waals surface area contributed by atoms with E-state index in [0.717, 1.165) is 49.4 Å². The molecule has 0 saturated heterocycles. The Balaban J connectivity index is 1.55. The highest BCUT2D eigenvalue weighted by Crippen LogP contribution is 2.25. The Labute approximate surface area is 174 Å². The van der Waals surface area contributed by atoms with Crippen molar-refractivity contribution in [2.75, 3.05) is 19.4 Å². The Hall–Kier alpha value is -2.76. The highest BCUT2D eigenvalue weighted by atomic mass is 16.1. The number of carbonyl (C=O) groups excluding carboxylic acids is 1. The summed E-state index contributed by atoms with van der Waals surface area (Å²) in [6, 6.07) is 12.2. The number of aromatic nitrogens is 1. The number of benzene rings is 1. The van der Waals surface area contributed by atoms with E-state index in [4.69, 9.17) is 0 Å². The Morgan fingerprint density at radius 1 is 1.21 bits per heavy atom. The second-order valence-corrected chi connectivity index (χ2v) is 7.89. The van der Waals surface area contributed by atoms with Crippen molar-refractivity contribution >= 4 is 17.6 Å². The summed E-state index contributed by atoms with van der Waals surface area (Å²) in [4.78, 5) is 19.0. The van der Waals surface area contributed by atoms with Crippen LogP contribution in [0.25, 0.3) is 0 Å². The third-order valence-electron chi connectivity index (χ3n) is 5.64. The van der Waals surface area contributed by atoms with E-state index in [1.807, 2.05) is 44.6 Å². The van der Waals surface area contributed by atoms with Crippen molar-refractivity contribution in [3.8, 4) is 0 Å². The molecule has 0 unspecified atom stereocenters. The third-order valence-corrected chi connectivity index (χ3v) is 5.64. The molecular formula is C23H33N5O. The summed E-state index contributed by atoms with van der Waals surface area (Å²) >= 11 is 0. The number of rotatable bonds is 6. The van der Waals surface area contributed by atoms with E-state index < -0.39 is 0 Å². The van der Waals surface area contributed by atoms with Crippen molar-refractivity contribution in [1.29, 1.82) is 0 Å². The first-order valence-corrected chi connectivity index (χ1v) is 10.5. The molecule has 1 aromatic heterocycles. The van der Waals surface area contributed by atoms with Gasteiger partial charge >= 0.3 is 0 Å². The van der Waals surface area contributed by atoms with Crippen molar-refractivity contribution < 1.29 is 4.79 Å². The zero-order chi connectivity index (χ0) is 20.6. The molecule has 29 heavy (non-hydrogen) atoms. The molecule has 1 aromatic carbocycles. The summed E-state index contributed by atoms with van der Waals surface area (Å²) in [5.74, 6) is 1.16. The zero-order valence-corrected chi connectivity index (χ0v) is 17.8. The van der Waals surface area contributed by atoms with Crippen LogP contribution in [0.5, 0.6) is 0 Å². The highest BCUT2D eigenvalue weighted by molar-refractivity contribution is 5.92. The van der Waals surface area contributed by atoms with Gasteiger partial charge in [0, 0.05) is 51.2 Å². The number of carbonyl (C=O) groups is 1. The van der Waals surface area contributed by atoms with Gasteiger partial charge in [0.05, 0.1) is 6.54 Å². The minimum atomic E-state index is 0.160. The van der Waals surface area contributed by atoms with Crippen LogP contribution in [0.3, 0.4) is 0 Å². The Morgan fingerprint density at radius 2 is 2.00 bits per heavy atom. The normalized spacial score (nSPS) is 15.2. The number of amides is 1. The maximum Gasteiger partial charge on any atom is 0.227 e. The van der Waals surface area contributed by atoms with Crippen LogP contribution in [0.15, 0.2) is 47.6 Å². The summed E-state index contributed by atoms with van der Waals surface area (Å²) in [5.41, 5.74) is 3.20. The number of nitrogens with zero attached hydrogens (tertiary/aromatic N) is 3. The molecule has 6 nitrogen and oxygen atoms in total. The van der Waals surface area contributed by atoms with Crippen LogP contribution in [-0.4, -0.2) is 35.4 Å². The predicted molar refractivity (Wildman–Crippen MR) is 119 cm³/mol. The maximum atomic E-state index is 12.5. The van der Waals surface area contributed by atoms with Crippen molar-refractivity contribution in [1.82, 2.24) is 14.8 Å². The monoisotopic (exact) mass is 395 g/mol. The van der Waals surface area contributed by atoms with Gasteiger partial charge in [-0.05, 0) is 42.7 Å². The number of hydrogen-bond acceptors (Lipinski definition) is 2. The molecule has 3 rings (SSSR count). The van der Waals surface area contributed by atoms with Crippen molar-refractivity contribution in [3.05, 3.63) is 53.9 Å². The molecule has 0 aliphatic heterocycles. The lowest BCUT2D eigenvalue weighted by atomic mass is 9.88. The van der Waals surface area contributed by atoms with Crippen molar-refractivity contribution in [2.24, 2.45) is 18.0 Å². The fourth-order valence-electron chi connectivity index (χ4n) is 3.91. The number of hydrogen-bond donors (Lipinski definition) is 2. The summed E-state index contributed by atoms with van der Waals surface area (Å²) in [6.07, 6.45) is 7.65.